The molecule has 0 bridgehead atoms. The molecule has 0 saturated carbocycles. The molecule has 5 heteroatoms. The number of hydrogen-bond acceptors (Lipinski definition) is 2. The quantitative estimate of drug-likeness (QED) is 0.751. The van der Waals surface area contributed by atoms with Crippen LogP contribution in [0.25, 0.3) is 10.8 Å². The second kappa shape index (κ2) is 5.50. The lowest BCUT2D eigenvalue weighted by Crippen LogP contribution is -2.13. The predicted octanol–water partition coefficient (Wildman–Crippen LogP) is 4.40. The first-order chi connectivity index (χ1) is 10.1. The van der Waals surface area contributed by atoms with Crippen LogP contribution in [0.4, 0.5) is 5.69 Å². The molecule has 0 aliphatic carbocycles. The van der Waals surface area contributed by atoms with E-state index in [1.807, 2.05) is 36.4 Å². The molecule has 0 radical (unpaired) electrons. The summed E-state index contributed by atoms with van der Waals surface area (Å²) >= 11 is 3.34. The zero-order chi connectivity index (χ0) is 14.9. The van der Waals surface area contributed by atoms with Crippen molar-refractivity contribution in [3.8, 4) is 0 Å². The molecule has 0 spiro atoms. The van der Waals surface area contributed by atoms with E-state index in [0.717, 1.165) is 5.39 Å². The molecule has 21 heavy (non-hydrogen) atoms. The van der Waals surface area contributed by atoms with Crippen LogP contribution in [0.2, 0.25) is 0 Å². The normalized spacial score (nSPS) is 11.5. The van der Waals surface area contributed by atoms with Crippen molar-refractivity contribution < 1.29 is 8.42 Å². The maximum Gasteiger partial charge on any atom is 0.262 e. The van der Waals surface area contributed by atoms with Gasteiger partial charge in [0.1, 0.15) is 0 Å². The third-order valence-electron chi connectivity index (χ3n) is 3.16. The van der Waals surface area contributed by atoms with Gasteiger partial charge in [-0.15, -0.1) is 0 Å². The van der Waals surface area contributed by atoms with Crippen molar-refractivity contribution in [1.82, 2.24) is 0 Å². The molecule has 0 atom stereocenters. The highest BCUT2D eigenvalue weighted by Gasteiger charge is 2.18. The molecule has 0 fully saturated rings. The minimum atomic E-state index is -3.64. The first kappa shape index (κ1) is 14.1. The number of benzene rings is 3. The van der Waals surface area contributed by atoms with Crippen LogP contribution in [-0.2, 0) is 10.0 Å². The van der Waals surface area contributed by atoms with Gasteiger partial charge in [0.25, 0.3) is 10.0 Å². The Bertz CT molecular complexity index is 902. The van der Waals surface area contributed by atoms with Crippen molar-refractivity contribution in [1.29, 1.82) is 0 Å². The van der Waals surface area contributed by atoms with E-state index in [4.69, 9.17) is 0 Å². The Balaban J connectivity index is 2.11. The van der Waals surface area contributed by atoms with E-state index in [0.29, 0.717) is 15.5 Å². The number of sulfonamides is 1. The van der Waals surface area contributed by atoms with Crippen LogP contribution in [0.5, 0.6) is 0 Å². The summed E-state index contributed by atoms with van der Waals surface area (Å²) in [5.74, 6) is 0. The van der Waals surface area contributed by atoms with E-state index >= 15 is 0 Å². The lowest BCUT2D eigenvalue weighted by molar-refractivity contribution is 0.602. The minimum Gasteiger partial charge on any atom is -0.278 e. The Kier molecular flexibility index (Phi) is 3.69. The third kappa shape index (κ3) is 2.80. The maximum absolute atomic E-state index is 12.6. The van der Waals surface area contributed by atoms with Crippen LogP contribution in [0.1, 0.15) is 0 Å². The van der Waals surface area contributed by atoms with Gasteiger partial charge < -0.3 is 0 Å². The second-order valence-corrected chi connectivity index (χ2v) is 7.07. The van der Waals surface area contributed by atoms with E-state index < -0.39 is 10.0 Å². The van der Waals surface area contributed by atoms with Gasteiger partial charge in [0.15, 0.2) is 0 Å². The minimum absolute atomic E-state index is 0.274. The molecule has 0 heterocycles. The average molecular weight is 362 g/mol. The van der Waals surface area contributed by atoms with Crippen LogP contribution >= 0.6 is 15.9 Å². The number of anilines is 1. The number of nitrogens with one attached hydrogen (secondary N) is 1. The molecular weight excluding hydrogens is 350 g/mol. The highest BCUT2D eigenvalue weighted by atomic mass is 79.9. The molecule has 0 unspecified atom stereocenters. The summed E-state index contributed by atoms with van der Waals surface area (Å²) in [6.45, 7) is 0. The number of rotatable bonds is 3. The van der Waals surface area contributed by atoms with E-state index in [1.54, 1.807) is 30.3 Å². The van der Waals surface area contributed by atoms with Crippen LogP contribution in [-0.4, -0.2) is 8.42 Å². The zero-order valence-corrected chi connectivity index (χ0v) is 13.4. The van der Waals surface area contributed by atoms with Gasteiger partial charge in [-0.3, -0.25) is 4.72 Å². The van der Waals surface area contributed by atoms with Crippen molar-refractivity contribution in [2.45, 2.75) is 4.90 Å². The van der Waals surface area contributed by atoms with Gasteiger partial charge >= 0.3 is 0 Å². The average Bonchev–Trinajstić information content (AvgIpc) is 2.49. The van der Waals surface area contributed by atoms with Crippen LogP contribution in [0.3, 0.4) is 0 Å². The lowest BCUT2D eigenvalue weighted by atomic mass is 10.1. The summed E-state index contributed by atoms with van der Waals surface area (Å²) in [5, 5.41) is 1.60. The molecule has 0 aromatic heterocycles. The SMILES string of the molecule is O=S(=O)(Nc1ccccc1Br)c1cccc2ccccc12. The Hall–Kier alpha value is -1.85. The molecule has 1 N–H and O–H groups in total. The first-order valence-corrected chi connectivity index (χ1v) is 8.61. The monoisotopic (exact) mass is 361 g/mol. The standard InChI is InChI=1S/C16H12BrNO2S/c17-14-9-3-4-10-15(14)18-21(19,20)16-11-5-7-12-6-1-2-8-13(12)16/h1-11,18H. The largest absolute Gasteiger partial charge is 0.278 e. The van der Waals surface area contributed by atoms with Crippen molar-refractivity contribution in [2.75, 3.05) is 4.72 Å². The molecule has 0 saturated heterocycles. The number of fused-ring (bicyclic) bond motifs is 1. The number of halogens is 1. The van der Waals surface area contributed by atoms with Crippen LogP contribution in [0, 0.1) is 0 Å². The summed E-state index contributed by atoms with van der Waals surface area (Å²) in [4.78, 5) is 0.274. The molecule has 0 amide bonds. The Morgan fingerprint density at radius 3 is 2.29 bits per heavy atom. The number of para-hydroxylation sites is 1. The fourth-order valence-electron chi connectivity index (χ4n) is 2.17. The summed E-state index contributed by atoms with van der Waals surface area (Å²) < 4.78 is 28.6. The van der Waals surface area contributed by atoms with E-state index in [9.17, 15) is 8.42 Å². The molecule has 0 aliphatic rings. The van der Waals surface area contributed by atoms with Crippen molar-refractivity contribution in [2.24, 2.45) is 0 Å². The third-order valence-corrected chi connectivity index (χ3v) is 5.27. The fraction of sp³-hybridized carbons (Fsp3) is 0. The van der Waals surface area contributed by atoms with Crippen LogP contribution < -0.4 is 4.72 Å². The van der Waals surface area contributed by atoms with Crippen LogP contribution in [0.15, 0.2) is 76.1 Å². The van der Waals surface area contributed by atoms with Gasteiger partial charge in [0.05, 0.1) is 10.6 Å². The van der Waals surface area contributed by atoms with Crippen molar-refractivity contribution >= 4 is 42.4 Å². The van der Waals surface area contributed by atoms with E-state index in [-0.39, 0.29) is 4.90 Å². The van der Waals surface area contributed by atoms with Crippen molar-refractivity contribution in [3.05, 3.63) is 71.2 Å². The first-order valence-electron chi connectivity index (χ1n) is 6.33. The second-order valence-electron chi connectivity index (χ2n) is 4.56. The lowest BCUT2D eigenvalue weighted by Gasteiger charge is -2.11. The molecule has 3 rings (SSSR count). The van der Waals surface area contributed by atoms with Crippen molar-refractivity contribution in [3.63, 3.8) is 0 Å². The molecular formula is C16H12BrNO2S. The summed E-state index contributed by atoms with van der Waals surface area (Å²) in [6, 6.07) is 19.8. The molecule has 3 nitrogen and oxygen atoms in total. The summed E-state index contributed by atoms with van der Waals surface area (Å²) in [6.07, 6.45) is 0. The van der Waals surface area contributed by atoms with Gasteiger partial charge in [0.2, 0.25) is 0 Å². The zero-order valence-electron chi connectivity index (χ0n) is 11.0. The Morgan fingerprint density at radius 2 is 1.48 bits per heavy atom. The van der Waals surface area contributed by atoms with Gasteiger partial charge in [-0.2, -0.15) is 0 Å². The highest BCUT2D eigenvalue weighted by molar-refractivity contribution is 9.10. The Morgan fingerprint density at radius 1 is 0.810 bits per heavy atom. The fourth-order valence-corrected chi connectivity index (χ4v) is 4.00. The number of hydrogen-bond donors (Lipinski definition) is 1. The molecule has 0 aliphatic heterocycles. The van der Waals surface area contributed by atoms with Gasteiger partial charge in [-0.1, -0.05) is 48.5 Å². The topological polar surface area (TPSA) is 46.2 Å². The molecule has 3 aromatic rings. The Labute approximate surface area is 131 Å². The van der Waals surface area contributed by atoms with E-state index in [1.165, 1.54) is 0 Å². The molecule has 106 valence electrons. The maximum atomic E-state index is 12.6. The smallest absolute Gasteiger partial charge is 0.262 e. The summed E-state index contributed by atoms with van der Waals surface area (Å²) in [5.41, 5.74) is 0.519. The van der Waals surface area contributed by atoms with Gasteiger partial charge in [-0.05, 0) is 39.5 Å². The van der Waals surface area contributed by atoms with E-state index in [2.05, 4.69) is 20.7 Å². The van der Waals surface area contributed by atoms with Gasteiger partial charge in [0, 0.05) is 9.86 Å². The predicted molar refractivity (Wildman–Crippen MR) is 88.9 cm³/mol. The van der Waals surface area contributed by atoms with Gasteiger partial charge in [-0.25, -0.2) is 8.42 Å². The molecule has 3 aromatic carbocycles. The summed E-state index contributed by atoms with van der Waals surface area (Å²) in [7, 11) is -3.64. The highest BCUT2D eigenvalue weighted by Crippen LogP contribution is 2.27.